The number of hydrogen-bond acceptors (Lipinski definition) is 4. The molecule has 29 heavy (non-hydrogen) atoms. The lowest BCUT2D eigenvalue weighted by Crippen LogP contribution is -2.46. The smallest absolute Gasteiger partial charge is 0.233 e. The molecule has 1 amide bonds. The van der Waals surface area contributed by atoms with Gasteiger partial charge in [0.15, 0.2) is 0 Å². The predicted molar refractivity (Wildman–Crippen MR) is 112 cm³/mol. The van der Waals surface area contributed by atoms with Crippen LogP contribution in [-0.2, 0) is 14.4 Å². The van der Waals surface area contributed by atoms with Gasteiger partial charge >= 0.3 is 0 Å². The van der Waals surface area contributed by atoms with E-state index in [0.29, 0.717) is 12.8 Å². The van der Waals surface area contributed by atoms with Crippen molar-refractivity contribution in [2.24, 2.45) is 11.1 Å². The molecule has 0 aromatic heterocycles. The second-order valence-electron chi connectivity index (χ2n) is 8.66. The number of amides is 1. The van der Waals surface area contributed by atoms with E-state index >= 15 is 0 Å². The maximum Gasteiger partial charge on any atom is 0.233 e. The summed E-state index contributed by atoms with van der Waals surface area (Å²) >= 11 is 0. The lowest BCUT2D eigenvalue weighted by atomic mass is 9.60. The van der Waals surface area contributed by atoms with Crippen LogP contribution in [0.4, 0.5) is 0 Å². The number of nitrogens with two attached hydrogens (primary N) is 1. The number of benzene rings is 1. The first-order chi connectivity index (χ1) is 13.8. The van der Waals surface area contributed by atoms with Crippen molar-refractivity contribution in [3.63, 3.8) is 0 Å². The summed E-state index contributed by atoms with van der Waals surface area (Å²) in [7, 11) is 0. The highest BCUT2D eigenvalue weighted by atomic mass is 16.2. The van der Waals surface area contributed by atoms with Crippen molar-refractivity contribution < 1.29 is 14.4 Å². The van der Waals surface area contributed by atoms with E-state index in [4.69, 9.17) is 5.73 Å². The van der Waals surface area contributed by atoms with Gasteiger partial charge in [-0.15, -0.1) is 5.92 Å². The van der Waals surface area contributed by atoms with E-state index in [1.807, 2.05) is 26.0 Å². The molecular formula is C24H30N2O3. The number of Topliss-reactive ketones (excluding diaryl/α,β-unsaturated/α-hetero) is 2. The van der Waals surface area contributed by atoms with E-state index in [-0.39, 0.29) is 35.5 Å². The van der Waals surface area contributed by atoms with Gasteiger partial charge in [-0.25, -0.2) is 0 Å². The minimum atomic E-state index is -0.654. The average Bonchev–Trinajstić information content (AvgIpc) is 2.65. The lowest BCUT2D eigenvalue weighted by molar-refractivity contribution is -0.138. The van der Waals surface area contributed by atoms with Crippen LogP contribution in [0.5, 0.6) is 0 Å². The average molecular weight is 395 g/mol. The molecule has 2 saturated carbocycles. The Morgan fingerprint density at radius 2 is 1.69 bits per heavy atom. The van der Waals surface area contributed by atoms with Crippen molar-refractivity contribution >= 4 is 17.5 Å². The molecule has 0 saturated heterocycles. The fraction of sp³-hybridized carbons (Fsp3) is 0.542. The van der Waals surface area contributed by atoms with Crippen molar-refractivity contribution in [2.75, 3.05) is 6.54 Å². The first-order valence-corrected chi connectivity index (χ1v) is 10.4. The zero-order chi connectivity index (χ0) is 21.2. The van der Waals surface area contributed by atoms with Gasteiger partial charge in [-0.2, -0.15) is 0 Å². The van der Waals surface area contributed by atoms with Crippen LogP contribution in [0.15, 0.2) is 12.1 Å². The van der Waals surface area contributed by atoms with E-state index < -0.39 is 5.92 Å². The molecule has 1 spiro atoms. The minimum Gasteiger partial charge on any atom is -0.352 e. The molecular weight excluding hydrogens is 364 g/mol. The summed E-state index contributed by atoms with van der Waals surface area (Å²) in [5.74, 6) is 5.21. The molecule has 0 radical (unpaired) electrons. The highest BCUT2D eigenvalue weighted by molar-refractivity contribution is 6.10. The number of nitrogens with one attached hydrogen (secondary N) is 1. The third-order valence-electron chi connectivity index (χ3n) is 6.49. The molecule has 0 aliphatic heterocycles. The predicted octanol–water partition coefficient (Wildman–Crippen LogP) is 2.69. The van der Waals surface area contributed by atoms with Crippen molar-refractivity contribution in [3.05, 3.63) is 34.4 Å². The first-order valence-electron chi connectivity index (χ1n) is 10.4. The molecule has 5 nitrogen and oxygen atoms in total. The zero-order valence-corrected chi connectivity index (χ0v) is 17.6. The fourth-order valence-electron chi connectivity index (χ4n) is 5.17. The summed E-state index contributed by atoms with van der Waals surface area (Å²) in [6, 6.07) is 4.03. The Bertz CT molecular complexity index is 855. The summed E-state index contributed by atoms with van der Waals surface area (Å²) in [4.78, 5) is 37.9. The Hall–Kier alpha value is -2.45. The van der Waals surface area contributed by atoms with Gasteiger partial charge in [0, 0.05) is 24.4 Å². The number of carbonyl (C=O) groups excluding carboxylic acids is 3. The van der Waals surface area contributed by atoms with Crippen LogP contribution in [0, 0.1) is 31.1 Å². The molecule has 1 aromatic carbocycles. The van der Waals surface area contributed by atoms with Crippen molar-refractivity contribution in [2.45, 2.75) is 71.3 Å². The standard InChI is InChI=1S/C24H30N2O3/c1-4-5-17-10-15(2)22(16(3)11-17)23-19(27)12-24(13-20(23)28)8-6-18(7-9-24)26-21(29)14-25/h10-11,18,23H,6-9,12-14,25H2,1-3H3,(H,26,29). The minimum absolute atomic E-state index is 0.0123. The Labute approximate surface area is 172 Å². The van der Waals surface area contributed by atoms with Crippen molar-refractivity contribution in [1.29, 1.82) is 0 Å². The number of aryl methyl sites for hydroxylation is 2. The molecule has 154 valence electrons. The van der Waals surface area contributed by atoms with Crippen LogP contribution in [0.1, 0.15) is 73.6 Å². The summed E-state index contributed by atoms with van der Waals surface area (Å²) in [6.45, 7) is 5.70. The zero-order valence-electron chi connectivity index (χ0n) is 17.6. The molecule has 3 rings (SSSR count). The van der Waals surface area contributed by atoms with Gasteiger partial charge in [-0.1, -0.05) is 5.92 Å². The van der Waals surface area contributed by atoms with Gasteiger partial charge in [0.2, 0.25) is 5.91 Å². The van der Waals surface area contributed by atoms with Gasteiger partial charge in [-0.05, 0) is 80.7 Å². The van der Waals surface area contributed by atoms with Crippen LogP contribution in [0.3, 0.4) is 0 Å². The summed E-state index contributed by atoms with van der Waals surface area (Å²) in [5, 5.41) is 2.93. The molecule has 2 aliphatic carbocycles. The van der Waals surface area contributed by atoms with Gasteiger partial charge in [0.1, 0.15) is 17.5 Å². The molecule has 2 fully saturated rings. The molecule has 0 bridgehead atoms. The highest BCUT2D eigenvalue weighted by Crippen LogP contribution is 2.48. The van der Waals surface area contributed by atoms with Crippen LogP contribution in [0.2, 0.25) is 0 Å². The van der Waals surface area contributed by atoms with E-state index in [2.05, 4.69) is 17.2 Å². The van der Waals surface area contributed by atoms with Crippen LogP contribution in [-0.4, -0.2) is 30.1 Å². The number of ketones is 2. The number of rotatable bonds is 3. The Kier molecular flexibility index (Phi) is 6.24. The second kappa shape index (κ2) is 8.51. The molecule has 0 heterocycles. The highest BCUT2D eigenvalue weighted by Gasteiger charge is 2.47. The largest absolute Gasteiger partial charge is 0.352 e. The normalized spacial score (nSPS) is 26.8. The Morgan fingerprint density at radius 3 is 2.17 bits per heavy atom. The molecule has 1 aromatic rings. The van der Waals surface area contributed by atoms with Gasteiger partial charge in [0.05, 0.1) is 6.54 Å². The molecule has 0 unspecified atom stereocenters. The monoisotopic (exact) mass is 394 g/mol. The van der Waals surface area contributed by atoms with Gasteiger partial charge < -0.3 is 11.1 Å². The molecule has 2 aliphatic rings. The fourth-order valence-corrected chi connectivity index (χ4v) is 5.17. The number of carbonyl (C=O) groups is 3. The summed E-state index contributed by atoms with van der Waals surface area (Å²) < 4.78 is 0. The van der Waals surface area contributed by atoms with E-state index in [0.717, 1.165) is 47.9 Å². The quantitative estimate of drug-likeness (QED) is 0.609. The topological polar surface area (TPSA) is 89.3 Å². The second-order valence-corrected chi connectivity index (χ2v) is 8.66. The third kappa shape index (κ3) is 4.43. The molecule has 0 atom stereocenters. The SMILES string of the molecule is CC#Cc1cc(C)c(C2C(=O)CC3(CCC(NC(=O)CN)CC3)CC2=O)c(C)c1. The van der Waals surface area contributed by atoms with Crippen LogP contribution >= 0.6 is 0 Å². The maximum atomic E-state index is 13.2. The molecule has 3 N–H and O–H groups in total. The maximum absolute atomic E-state index is 13.2. The summed E-state index contributed by atoms with van der Waals surface area (Å²) in [5.41, 5.74) is 8.82. The van der Waals surface area contributed by atoms with Crippen LogP contribution in [0.25, 0.3) is 0 Å². The Balaban J connectivity index is 1.76. The van der Waals surface area contributed by atoms with E-state index in [1.165, 1.54) is 0 Å². The third-order valence-corrected chi connectivity index (χ3v) is 6.49. The molecule has 5 heteroatoms. The first kappa shape index (κ1) is 21.3. The Morgan fingerprint density at radius 1 is 1.14 bits per heavy atom. The van der Waals surface area contributed by atoms with E-state index in [9.17, 15) is 14.4 Å². The van der Waals surface area contributed by atoms with Crippen LogP contribution < -0.4 is 11.1 Å². The van der Waals surface area contributed by atoms with Gasteiger partial charge in [0.25, 0.3) is 0 Å². The van der Waals surface area contributed by atoms with E-state index in [1.54, 1.807) is 6.92 Å². The van der Waals surface area contributed by atoms with Crippen molar-refractivity contribution in [1.82, 2.24) is 5.32 Å². The number of hydrogen-bond donors (Lipinski definition) is 2. The van der Waals surface area contributed by atoms with Gasteiger partial charge in [-0.3, -0.25) is 14.4 Å². The lowest BCUT2D eigenvalue weighted by Gasteiger charge is -2.43. The summed E-state index contributed by atoms with van der Waals surface area (Å²) in [6.07, 6.45) is 4.04. The van der Waals surface area contributed by atoms with Crippen molar-refractivity contribution in [3.8, 4) is 11.8 Å².